The van der Waals surface area contributed by atoms with E-state index in [-0.39, 0.29) is 0 Å². The third kappa shape index (κ3) is 2.25. The van der Waals surface area contributed by atoms with E-state index in [1.54, 1.807) is 0 Å². The van der Waals surface area contributed by atoms with E-state index in [1.807, 2.05) is 0 Å². The molecule has 4 atom stereocenters. The van der Waals surface area contributed by atoms with Crippen LogP contribution in [0.2, 0.25) is 0 Å². The van der Waals surface area contributed by atoms with Gasteiger partial charge in [-0.25, -0.2) is 10.0 Å². The highest BCUT2D eigenvalue weighted by Gasteiger charge is 2.37. The second-order valence-corrected chi connectivity index (χ2v) is 5.23. The first kappa shape index (κ1) is 12.3. The van der Waals surface area contributed by atoms with Gasteiger partial charge in [-0.2, -0.15) is 0 Å². The van der Waals surface area contributed by atoms with Gasteiger partial charge in [0, 0.05) is 24.2 Å². The van der Waals surface area contributed by atoms with Crippen molar-refractivity contribution in [1.82, 2.24) is 10.0 Å². The minimum Gasteiger partial charge on any atom is -0.378 e. The molecule has 0 radical (unpaired) electrons. The molecule has 2 heterocycles. The minimum atomic E-state index is 0.465. The normalized spacial score (nSPS) is 43.5. The van der Waals surface area contributed by atoms with Crippen molar-refractivity contribution in [3.8, 4) is 0 Å². The SMILES string of the molecule is C[C@@H]1COC[C@H](C)N1N1[C@H](C)COC[C@@H]1C. The van der Waals surface area contributed by atoms with Crippen LogP contribution in [0.5, 0.6) is 0 Å². The van der Waals surface area contributed by atoms with Gasteiger partial charge in [0.2, 0.25) is 0 Å². The summed E-state index contributed by atoms with van der Waals surface area (Å²) in [6.07, 6.45) is 0. The second-order valence-electron chi connectivity index (χ2n) is 5.23. The molecule has 0 bridgehead atoms. The lowest BCUT2D eigenvalue weighted by Crippen LogP contribution is -2.65. The van der Waals surface area contributed by atoms with Crippen molar-refractivity contribution in [3.05, 3.63) is 0 Å². The van der Waals surface area contributed by atoms with Crippen molar-refractivity contribution in [1.29, 1.82) is 0 Å². The maximum atomic E-state index is 5.59. The topological polar surface area (TPSA) is 24.9 Å². The average Bonchev–Trinajstić information content (AvgIpc) is 2.21. The summed E-state index contributed by atoms with van der Waals surface area (Å²) in [5.41, 5.74) is 0. The van der Waals surface area contributed by atoms with Gasteiger partial charge in [-0.3, -0.25) is 0 Å². The van der Waals surface area contributed by atoms with Gasteiger partial charge < -0.3 is 9.47 Å². The van der Waals surface area contributed by atoms with Gasteiger partial charge in [0.25, 0.3) is 0 Å². The molecule has 0 aromatic rings. The molecule has 0 aromatic carbocycles. The first-order chi connectivity index (χ1) is 7.61. The fourth-order valence-electron chi connectivity index (χ4n) is 2.90. The lowest BCUT2D eigenvalue weighted by Gasteiger charge is -2.52. The standard InChI is InChI=1S/C12H24N2O2/c1-9-5-15-6-10(2)13(9)14-11(3)7-16-8-12(14)4/h9-12H,5-8H2,1-4H3/t9-,10+,11-,12+. The molecule has 2 rings (SSSR count). The molecule has 4 heteroatoms. The summed E-state index contributed by atoms with van der Waals surface area (Å²) in [5.74, 6) is 0. The molecule has 0 aliphatic carbocycles. The zero-order chi connectivity index (χ0) is 11.7. The van der Waals surface area contributed by atoms with Crippen LogP contribution >= 0.6 is 0 Å². The van der Waals surface area contributed by atoms with E-state index in [4.69, 9.17) is 9.47 Å². The molecular formula is C12H24N2O2. The highest BCUT2D eigenvalue weighted by molar-refractivity contribution is 4.83. The van der Waals surface area contributed by atoms with Gasteiger partial charge in [-0.1, -0.05) is 0 Å². The van der Waals surface area contributed by atoms with Crippen molar-refractivity contribution < 1.29 is 9.47 Å². The summed E-state index contributed by atoms with van der Waals surface area (Å²) < 4.78 is 11.2. The van der Waals surface area contributed by atoms with Crippen LogP contribution in [-0.4, -0.2) is 60.6 Å². The van der Waals surface area contributed by atoms with Crippen LogP contribution in [0.4, 0.5) is 0 Å². The molecule has 2 fully saturated rings. The third-order valence-corrected chi connectivity index (χ3v) is 3.51. The van der Waals surface area contributed by atoms with Crippen molar-refractivity contribution in [2.75, 3.05) is 26.4 Å². The van der Waals surface area contributed by atoms with Crippen LogP contribution in [0.25, 0.3) is 0 Å². The molecule has 94 valence electrons. The van der Waals surface area contributed by atoms with E-state index in [0.717, 1.165) is 26.4 Å². The van der Waals surface area contributed by atoms with E-state index in [2.05, 4.69) is 37.7 Å². The summed E-state index contributed by atoms with van der Waals surface area (Å²) in [4.78, 5) is 0. The molecule has 2 saturated heterocycles. The van der Waals surface area contributed by atoms with Crippen LogP contribution in [0, 0.1) is 0 Å². The lowest BCUT2D eigenvalue weighted by molar-refractivity contribution is -0.218. The first-order valence-corrected chi connectivity index (χ1v) is 6.33. The molecule has 4 nitrogen and oxygen atoms in total. The van der Waals surface area contributed by atoms with Gasteiger partial charge in [0.1, 0.15) is 0 Å². The molecule has 0 amide bonds. The van der Waals surface area contributed by atoms with Crippen LogP contribution in [-0.2, 0) is 9.47 Å². The maximum Gasteiger partial charge on any atom is 0.0634 e. The molecule has 0 spiro atoms. The number of ether oxygens (including phenoxy) is 2. The summed E-state index contributed by atoms with van der Waals surface area (Å²) in [5, 5.41) is 5.00. The Balaban J connectivity index is 2.12. The monoisotopic (exact) mass is 228 g/mol. The fourth-order valence-corrected chi connectivity index (χ4v) is 2.90. The molecule has 0 unspecified atom stereocenters. The fraction of sp³-hybridized carbons (Fsp3) is 1.00. The van der Waals surface area contributed by atoms with Crippen molar-refractivity contribution in [3.63, 3.8) is 0 Å². The Kier molecular flexibility index (Phi) is 3.85. The van der Waals surface area contributed by atoms with Gasteiger partial charge in [0.05, 0.1) is 26.4 Å². The first-order valence-electron chi connectivity index (χ1n) is 6.33. The van der Waals surface area contributed by atoms with Crippen molar-refractivity contribution in [2.24, 2.45) is 0 Å². The Morgan fingerprint density at radius 1 is 0.625 bits per heavy atom. The summed E-state index contributed by atoms with van der Waals surface area (Å²) >= 11 is 0. The van der Waals surface area contributed by atoms with Gasteiger partial charge >= 0.3 is 0 Å². The van der Waals surface area contributed by atoms with E-state index >= 15 is 0 Å². The molecule has 0 aromatic heterocycles. The minimum absolute atomic E-state index is 0.465. The Labute approximate surface area is 98.5 Å². The molecule has 0 N–H and O–H groups in total. The molecule has 0 saturated carbocycles. The Morgan fingerprint density at radius 3 is 1.12 bits per heavy atom. The van der Waals surface area contributed by atoms with Crippen molar-refractivity contribution in [2.45, 2.75) is 51.9 Å². The average molecular weight is 228 g/mol. The lowest BCUT2D eigenvalue weighted by atomic mass is 10.1. The van der Waals surface area contributed by atoms with Gasteiger partial charge in [0.15, 0.2) is 0 Å². The summed E-state index contributed by atoms with van der Waals surface area (Å²) in [7, 11) is 0. The highest BCUT2D eigenvalue weighted by atomic mass is 16.5. The zero-order valence-electron chi connectivity index (χ0n) is 10.8. The number of nitrogens with zero attached hydrogens (tertiary/aromatic N) is 2. The van der Waals surface area contributed by atoms with Gasteiger partial charge in [-0.05, 0) is 27.7 Å². The van der Waals surface area contributed by atoms with Crippen LogP contribution in [0.15, 0.2) is 0 Å². The number of hydrogen-bond donors (Lipinski definition) is 0. The Hall–Kier alpha value is -0.160. The number of rotatable bonds is 1. The predicted molar refractivity (Wildman–Crippen MR) is 63.2 cm³/mol. The molecule has 16 heavy (non-hydrogen) atoms. The number of hydrazine groups is 1. The van der Waals surface area contributed by atoms with Gasteiger partial charge in [-0.15, -0.1) is 0 Å². The smallest absolute Gasteiger partial charge is 0.0634 e. The number of hydrogen-bond acceptors (Lipinski definition) is 4. The highest BCUT2D eigenvalue weighted by Crippen LogP contribution is 2.23. The maximum absolute atomic E-state index is 5.59. The summed E-state index contributed by atoms with van der Waals surface area (Å²) in [6.45, 7) is 12.3. The van der Waals surface area contributed by atoms with E-state index in [9.17, 15) is 0 Å². The molecule has 2 aliphatic rings. The molecule has 2 aliphatic heterocycles. The van der Waals surface area contributed by atoms with Crippen LogP contribution in [0.3, 0.4) is 0 Å². The predicted octanol–water partition coefficient (Wildman–Crippen LogP) is 1.12. The van der Waals surface area contributed by atoms with E-state index < -0.39 is 0 Å². The van der Waals surface area contributed by atoms with E-state index in [1.165, 1.54) is 0 Å². The zero-order valence-corrected chi connectivity index (χ0v) is 10.8. The molecular weight excluding hydrogens is 204 g/mol. The van der Waals surface area contributed by atoms with Crippen LogP contribution < -0.4 is 0 Å². The Bertz CT molecular complexity index is 193. The van der Waals surface area contributed by atoms with Crippen molar-refractivity contribution >= 4 is 0 Å². The van der Waals surface area contributed by atoms with E-state index in [0.29, 0.717) is 24.2 Å². The summed E-state index contributed by atoms with van der Waals surface area (Å²) in [6, 6.07) is 1.86. The Morgan fingerprint density at radius 2 is 0.875 bits per heavy atom. The third-order valence-electron chi connectivity index (χ3n) is 3.51. The number of morpholine rings is 2. The second kappa shape index (κ2) is 5.00. The van der Waals surface area contributed by atoms with Crippen LogP contribution in [0.1, 0.15) is 27.7 Å². The quantitative estimate of drug-likeness (QED) is 0.671. The largest absolute Gasteiger partial charge is 0.378 e.